The largest absolute Gasteiger partial charge is 0.678 e. The summed E-state index contributed by atoms with van der Waals surface area (Å²) in [5.41, 5.74) is 0. The van der Waals surface area contributed by atoms with Gasteiger partial charge in [-0.2, -0.15) is 0 Å². The zero-order valence-electron chi connectivity index (χ0n) is 11.7. The molecule has 0 aromatic heterocycles. The number of rotatable bonds is 11. The van der Waals surface area contributed by atoms with Crippen molar-refractivity contribution in [1.29, 1.82) is 0 Å². The minimum Gasteiger partial charge on any atom is -0.355 e. The van der Waals surface area contributed by atoms with Crippen LogP contribution in [0.25, 0.3) is 0 Å². The Morgan fingerprint density at radius 1 is 0.500 bits per heavy atom. The lowest BCUT2D eigenvalue weighted by molar-refractivity contribution is -0.0284. The lowest BCUT2D eigenvalue weighted by atomic mass is 10.8. The third-order valence-corrected chi connectivity index (χ3v) is 6.26. The van der Waals surface area contributed by atoms with E-state index in [2.05, 4.69) is 0 Å². The van der Waals surface area contributed by atoms with Gasteiger partial charge in [-0.3, -0.25) is 0 Å². The Bertz CT molecular complexity index is 173. The summed E-state index contributed by atoms with van der Waals surface area (Å²) in [6.45, 7) is 0.402. The van der Waals surface area contributed by atoms with Crippen LogP contribution >= 0.6 is 0 Å². The van der Waals surface area contributed by atoms with E-state index in [4.69, 9.17) is 35.4 Å². The minimum absolute atomic E-state index is 0. The second kappa shape index (κ2) is 12.8. The van der Waals surface area contributed by atoms with Crippen molar-refractivity contribution in [3.63, 3.8) is 0 Å². The lowest BCUT2D eigenvalue weighted by Gasteiger charge is -2.25. The van der Waals surface area contributed by atoms with Gasteiger partial charge < -0.3 is 35.4 Å². The highest BCUT2D eigenvalue weighted by Crippen LogP contribution is 2.10. The van der Waals surface area contributed by atoms with Crippen molar-refractivity contribution in [2.45, 2.75) is 14.9 Å². The van der Waals surface area contributed by atoms with Crippen LogP contribution in [0.1, 0.15) is 14.9 Å². The third kappa shape index (κ3) is 7.22. The molecule has 0 fully saturated rings. The molecule has 0 amide bonds. The van der Waals surface area contributed by atoms with Crippen LogP contribution in [0.5, 0.6) is 0 Å². The summed E-state index contributed by atoms with van der Waals surface area (Å²) in [5, 5.41) is 0. The molecule has 8 nitrogen and oxygen atoms in total. The molecule has 0 rings (SSSR count). The van der Waals surface area contributed by atoms with Gasteiger partial charge in [-0.15, -0.1) is 0 Å². The molecule has 0 aromatic carbocycles. The van der Waals surface area contributed by atoms with Crippen molar-refractivity contribution >= 4 is 18.1 Å². The molecule has 10 heteroatoms. The van der Waals surface area contributed by atoms with Gasteiger partial charge >= 0.3 is 18.1 Å². The molecule has 0 saturated carbocycles. The first-order valence-electron chi connectivity index (χ1n) is 5.16. The third-order valence-electron chi connectivity index (χ3n) is 2.14. The number of hydrogen-bond donors (Lipinski definition) is 0. The molecule has 0 bridgehead atoms. The highest BCUT2D eigenvalue weighted by molar-refractivity contribution is 6.53. The topological polar surface area (TPSA) is 73.8 Å². The number of hydrogen-bond acceptors (Lipinski definition) is 8. The molecule has 126 valence electrons. The average molecular weight is 335 g/mol. The zero-order chi connectivity index (χ0) is 14.1. The molecule has 0 unspecified atom stereocenters. The van der Waals surface area contributed by atoms with Gasteiger partial charge in [0.05, 0.1) is 13.2 Å². The summed E-state index contributed by atoms with van der Waals surface area (Å²) in [6.07, 6.45) is 0. The fourth-order valence-corrected chi connectivity index (χ4v) is 3.56. The van der Waals surface area contributed by atoms with E-state index in [0.717, 1.165) is 0 Å². The Kier molecular flexibility index (Phi) is 16.1. The summed E-state index contributed by atoms with van der Waals surface area (Å²) in [6, 6.07) is 0. The first-order chi connectivity index (χ1) is 8.57. The van der Waals surface area contributed by atoms with Gasteiger partial charge in [0.1, 0.15) is 0 Å². The van der Waals surface area contributed by atoms with Crippen LogP contribution in [0, 0.1) is 0 Å². The Hall–Kier alpha value is 0.114. The van der Waals surface area contributed by atoms with Crippen LogP contribution in [-0.2, 0) is 35.4 Å². The molecular weight excluding hydrogens is 304 g/mol. The first-order valence-corrected chi connectivity index (χ1v) is 8.43. The summed E-state index contributed by atoms with van der Waals surface area (Å²) in [7, 11) is 2.68. The maximum absolute atomic E-state index is 5.41. The normalized spacial score (nSPS) is 11.7. The van der Waals surface area contributed by atoms with Crippen molar-refractivity contribution in [1.82, 2.24) is 0 Å². The molecule has 0 aromatic rings. The van der Waals surface area contributed by atoms with Crippen molar-refractivity contribution in [3.05, 3.63) is 0 Å². The van der Waals surface area contributed by atoms with Crippen molar-refractivity contribution < 1.29 is 35.4 Å². The molecule has 0 N–H and O–H groups in total. The SMILES string of the molecule is C.C.CO[Si](OC)(OC)OCCO[Si](OC)(OC)OC. The average Bonchev–Trinajstić information content (AvgIpc) is 2.45. The van der Waals surface area contributed by atoms with Gasteiger partial charge in [-0.25, -0.2) is 0 Å². The van der Waals surface area contributed by atoms with E-state index in [1.54, 1.807) is 0 Å². The molecule has 0 atom stereocenters. The van der Waals surface area contributed by atoms with E-state index >= 15 is 0 Å². The summed E-state index contributed by atoms with van der Waals surface area (Å²) in [4.78, 5) is 0. The molecule has 20 heavy (non-hydrogen) atoms. The molecule has 0 saturated heterocycles. The quantitative estimate of drug-likeness (QED) is 0.410. The maximum Gasteiger partial charge on any atom is 0.678 e. The monoisotopic (exact) mass is 334 g/mol. The lowest BCUT2D eigenvalue weighted by Crippen LogP contribution is -2.49. The van der Waals surface area contributed by atoms with Crippen LogP contribution in [0.4, 0.5) is 0 Å². The maximum atomic E-state index is 5.41. The Balaban J connectivity index is -0.00000144. The van der Waals surface area contributed by atoms with E-state index < -0.39 is 18.1 Å². The summed E-state index contributed by atoms with van der Waals surface area (Å²) in [5.74, 6) is 0. The predicted molar refractivity (Wildman–Crippen MR) is 78.9 cm³/mol. The first kappa shape index (κ1) is 25.1. The smallest absolute Gasteiger partial charge is 0.355 e. The minimum atomic E-state index is -3.03. The second-order valence-corrected chi connectivity index (χ2v) is 7.95. The van der Waals surface area contributed by atoms with Gasteiger partial charge in [0.25, 0.3) is 0 Å². The Morgan fingerprint density at radius 3 is 0.850 bits per heavy atom. The van der Waals surface area contributed by atoms with Gasteiger partial charge in [0.15, 0.2) is 0 Å². The highest BCUT2D eigenvalue weighted by atomic mass is 28.4. The Morgan fingerprint density at radius 2 is 0.700 bits per heavy atom. The van der Waals surface area contributed by atoms with E-state index in [1.165, 1.54) is 42.7 Å². The fourth-order valence-electron chi connectivity index (χ4n) is 1.19. The molecule has 0 aliphatic heterocycles. The molecule has 0 radical (unpaired) electrons. The van der Waals surface area contributed by atoms with Crippen LogP contribution < -0.4 is 0 Å². The van der Waals surface area contributed by atoms with E-state index in [-0.39, 0.29) is 28.1 Å². The summed E-state index contributed by atoms with van der Waals surface area (Å²) >= 11 is 0. The molecule has 0 spiro atoms. The molecular formula is C10H30O8Si2. The van der Waals surface area contributed by atoms with E-state index in [0.29, 0.717) is 0 Å². The molecule has 0 heterocycles. The zero-order valence-corrected chi connectivity index (χ0v) is 13.7. The van der Waals surface area contributed by atoms with Crippen LogP contribution in [0.2, 0.25) is 0 Å². The molecule has 0 aliphatic carbocycles. The predicted octanol–water partition coefficient (Wildman–Crippen LogP) is 1.04. The van der Waals surface area contributed by atoms with Gasteiger partial charge in [-0.1, -0.05) is 14.9 Å². The van der Waals surface area contributed by atoms with Crippen molar-refractivity contribution in [2.24, 2.45) is 0 Å². The van der Waals surface area contributed by atoms with E-state index in [9.17, 15) is 0 Å². The van der Waals surface area contributed by atoms with Gasteiger partial charge in [0, 0.05) is 42.7 Å². The summed E-state index contributed by atoms with van der Waals surface area (Å²) < 4.78 is 41.3. The van der Waals surface area contributed by atoms with Gasteiger partial charge in [0.2, 0.25) is 0 Å². The van der Waals surface area contributed by atoms with E-state index in [1.807, 2.05) is 0 Å². The standard InChI is InChI=1S/C8H22O8Si2.2CH4/c1-9-17(10-2,11-3)15-7-8-16-18(12-4,13-5)14-6;;/h7-8H2,1-6H3;2*1H4. The second-order valence-electron chi connectivity index (χ2n) is 2.92. The van der Waals surface area contributed by atoms with Crippen LogP contribution in [0.15, 0.2) is 0 Å². The fraction of sp³-hybridized carbons (Fsp3) is 1.00. The van der Waals surface area contributed by atoms with Crippen molar-refractivity contribution in [3.8, 4) is 0 Å². The molecule has 0 aliphatic rings. The van der Waals surface area contributed by atoms with Gasteiger partial charge in [-0.05, 0) is 0 Å². The van der Waals surface area contributed by atoms with Crippen LogP contribution in [0.3, 0.4) is 0 Å². The van der Waals surface area contributed by atoms with Crippen LogP contribution in [-0.4, -0.2) is 74.0 Å². The van der Waals surface area contributed by atoms with Crippen molar-refractivity contribution in [2.75, 3.05) is 55.9 Å². The highest BCUT2D eigenvalue weighted by Gasteiger charge is 2.44. The Labute approximate surface area is 125 Å².